The van der Waals surface area contributed by atoms with Gasteiger partial charge in [0.05, 0.1) is 5.69 Å². The molecule has 3 heterocycles. The number of nitrogens with zero attached hydrogens (tertiary/aromatic N) is 5. The normalized spacial score (nSPS) is 16.6. The first-order valence-electron chi connectivity index (χ1n) is 13.3. The molecule has 3 aromatic rings. The molecule has 6 rings (SSSR count). The average molecular weight is 532 g/mol. The fraction of sp³-hybridized carbons (Fsp3) is 0.379. The van der Waals surface area contributed by atoms with Gasteiger partial charge in [-0.1, -0.05) is 0 Å². The van der Waals surface area contributed by atoms with Gasteiger partial charge in [-0.05, 0) is 79.8 Å². The van der Waals surface area contributed by atoms with Gasteiger partial charge in [-0.15, -0.1) is 10.2 Å². The lowest BCUT2D eigenvalue weighted by Crippen LogP contribution is -2.45. The first-order valence-corrected chi connectivity index (χ1v) is 13.3. The van der Waals surface area contributed by atoms with Crippen molar-refractivity contribution in [2.45, 2.75) is 19.3 Å². The Kier molecular flexibility index (Phi) is 7.00. The highest BCUT2D eigenvalue weighted by molar-refractivity contribution is 5.97. The summed E-state index contributed by atoms with van der Waals surface area (Å²) in [7, 11) is 0. The van der Waals surface area contributed by atoms with Crippen LogP contribution in [-0.4, -0.2) is 77.9 Å². The third kappa shape index (κ3) is 5.79. The SMILES string of the molecule is O=C(CN(CC1CC1)C(=O)c1ccc2c(c1)OCO2)N1CCCN(c2ccc(-c3ccc(F)cc3)nn2)CC1. The number of carbonyl (C=O) groups is 2. The lowest BCUT2D eigenvalue weighted by atomic mass is 10.1. The first kappa shape index (κ1) is 25.1. The van der Waals surface area contributed by atoms with Crippen molar-refractivity contribution in [3.05, 3.63) is 66.0 Å². The molecular weight excluding hydrogens is 501 g/mol. The monoisotopic (exact) mass is 531 g/mol. The smallest absolute Gasteiger partial charge is 0.254 e. The van der Waals surface area contributed by atoms with Crippen LogP contribution in [0.2, 0.25) is 0 Å². The molecule has 2 aromatic carbocycles. The third-order valence-corrected chi connectivity index (χ3v) is 7.37. The predicted octanol–water partition coefficient (Wildman–Crippen LogP) is 3.60. The van der Waals surface area contributed by atoms with Crippen LogP contribution in [0.3, 0.4) is 0 Å². The highest BCUT2D eigenvalue weighted by atomic mass is 19.1. The molecule has 10 heteroatoms. The maximum Gasteiger partial charge on any atom is 0.254 e. The van der Waals surface area contributed by atoms with Gasteiger partial charge in [0.25, 0.3) is 5.91 Å². The van der Waals surface area contributed by atoms with Gasteiger partial charge in [-0.2, -0.15) is 0 Å². The van der Waals surface area contributed by atoms with Crippen molar-refractivity contribution in [2.75, 3.05) is 51.0 Å². The third-order valence-electron chi connectivity index (χ3n) is 7.37. The number of benzene rings is 2. The molecule has 0 unspecified atom stereocenters. The van der Waals surface area contributed by atoms with Crippen molar-refractivity contribution < 1.29 is 23.5 Å². The molecule has 1 aromatic heterocycles. The summed E-state index contributed by atoms with van der Waals surface area (Å²) in [5.74, 6) is 1.86. The van der Waals surface area contributed by atoms with E-state index in [1.165, 1.54) is 12.1 Å². The van der Waals surface area contributed by atoms with Gasteiger partial charge in [-0.25, -0.2) is 4.39 Å². The van der Waals surface area contributed by atoms with E-state index in [0.29, 0.717) is 54.9 Å². The summed E-state index contributed by atoms with van der Waals surface area (Å²) in [5.41, 5.74) is 1.97. The zero-order valence-electron chi connectivity index (χ0n) is 21.6. The molecule has 0 N–H and O–H groups in total. The molecule has 0 radical (unpaired) electrons. The molecule has 2 amide bonds. The van der Waals surface area contributed by atoms with Gasteiger partial charge < -0.3 is 24.2 Å². The molecule has 0 bridgehead atoms. The minimum Gasteiger partial charge on any atom is -0.454 e. The van der Waals surface area contributed by atoms with Crippen molar-refractivity contribution in [1.29, 1.82) is 0 Å². The van der Waals surface area contributed by atoms with E-state index in [1.54, 1.807) is 35.2 Å². The van der Waals surface area contributed by atoms with Crippen LogP contribution in [0, 0.1) is 11.7 Å². The van der Waals surface area contributed by atoms with Crippen molar-refractivity contribution in [3.63, 3.8) is 0 Å². The van der Waals surface area contributed by atoms with Crippen LogP contribution in [0.1, 0.15) is 29.6 Å². The minimum atomic E-state index is -0.292. The maximum atomic E-state index is 13.4. The summed E-state index contributed by atoms with van der Waals surface area (Å²) < 4.78 is 24.0. The summed E-state index contributed by atoms with van der Waals surface area (Å²) in [6.45, 7) is 3.30. The molecule has 0 atom stereocenters. The Hall–Kier alpha value is -4.21. The predicted molar refractivity (Wildman–Crippen MR) is 142 cm³/mol. The van der Waals surface area contributed by atoms with Gasteiger partial charge in [0.1, 0.15) is 12.4 Å². The molecular formula is C29H30FN5O4. The molecule has 9 nitrogen and oxygen atoms in total. The van der Waals surface area contributed by atoms with Crippen LogP contribution < -0.4 is 14.4 Å². The van der Waals surface area contributed by atoms with E-state index in [1.807, 2.05) is 17.0 Å². The Morgan fingerprint density at radius 2 is 1.74 bits per heavy atom. The molecule has 39 heavy (non-hydrogen) atoms. The van der Waals surface area contributed by atoms with Gasteiger partial charge in [-0.3, -0.25) is 9.59 Å². The topological polar surface area (TPSA) is 88.1 Å². The highest BCUT2D eigenvalue weighted by Crippen LogP contribution is 2.34. The number of ether oxygens (including phenoxy) is 2. The second kappa shape index (κ2) is 10.9. The number of amides is 2. The van der Waals surface area contributed by atoms with E-state index < -0.39 is 0 Å². The van der Waals surface area contributed by atoms with Gasteiger partial charge in [0, 0.05) is 43.9 Å². The van der Waals surface area contributed by atoms with Crippen LogP contribution in [0.5, 0.6) is 11.5 Å². The van der Waals surface area contributed by atoms with E-state index in [9.17, 15) is 14.0 Å². The zero-order chi connectivity index (χ0) is 26.8. The van der Waals surface area contributed by atoms with Crippen LogP contribution in [-0.2, 0) is 4.79 Å². The molecule has 1 aliphatic carbocycles. The molecule has 1 saturated heterocycles. The molecule has 0 spiro atoms. The summed E-state index contributed by atoms with van der Waals surface area (Å²) in [5, 5.41) is 8.71. The summed E-state index contributed by atoms with van der Waals surface area (Å²) >= 11 is 0. The summed E-state index contributed by atoms with van der Waals surface area (Å²) in [6, 6.07) is 15.1. The first-order chi connectivity index (χ1) is 19.0. The Labute approximate surface area is 226 Å². The van der Waals surface area contributed by atoms with Crippen molar-refractivity contribution in [2.24, 2.45) is 5.92 Å². The largest absolute Gasteiger partial charge is 0.454 e. The average Bonchev–Trinajstić information content (AvgIpc) is 3.71. The van der Waals surface area contributed by atoms with Crippen LogP contribution in [0.15, 0.2) is 54.6 Å². The summed E-state index contributed by atoms with van der Waals surface area (Å²) in [6.07, 6.45) is 2.95. The molecule has 3 aliphatic rings. The second-order valence-corrected chi connectivity index (χ2v) is 10.2. The van der Waals surface area contributed by atoms with E-state index in [0.717, 1.165) is 37.2 Å². The van der Waals surface area contributed by atoms with Crippen LogP contribution in [0.25, 0.3) is 11.3 Å². The van der Waals surface area contributed by atoms with Crippen LogP contribution >= 0.6 is 0 Å². The Balaban J connectivity index is 1.08. The van der Waals surface area contributed by atoms with E-state index >= 15 is 0 Å². The number of hydrogen-bond donors (Lipinski definition) is 0. The lowest BCUT2D eigenvalue weighted by molar-refractivity contribution is -0.131. The number of rotatable bonds is 7. The zero-order valence-corrected chi connectivity index (χ0v) is 21.6. The number of carbonyl (C=O) groups excluding carboxylic acids is 2. The Morgan fingerprint density at radius 3 is 2.51 bits per heavy atom. The van der Waals surface area contributed by atoms with Crippen molar-refractivity contribution >= 4 is 17.6 Å². The number of halogens is 1. The highest BCUT2D eigenvalue weighted by Gasteiger charge is 2.31. The van der Waals surface area contributed by atoms with E-state index in [4.69, 9.17) is 9.47 Å². The maximum absolute atomic E-state index is 13.4. The fourth-order valence-electron chi connectivity index (χ4n) is 4.97. The van der Waals surface area contributed by atoms with Gasteiger partial charge in [0.15, 0.2) is 17.3 Å². The Morgan fingerprint density at radius 1 is 0.923 bits per heavy atom. The van der Waals surface area contributed by atoms with Gasteiger partial charge in [0.2, 0.25) is 12.7 Å². The number of fused-ring (bicyclic) bond motifs is 1. The number of anilines is 1. The quantitative estimate of drug-likeness (QED) is 0.460. The number of aromatic nitrogens is 2. The fourth-order valence-corrected chi connectivity index (χ4v) is 4.97. The minimum absolute atomic E-state index is 0.0515. The van der Waals surface area contributed by atoms with Gasteiger partial charge >= 0.3 is 0 Å². The Bertz CT molecular complexity index is 1350. The van der Waals surface area contributed by atoms with E-state index in [2.05, 4.69) is 15.1 Å². The molecule has 202 valence electrons. The standard InChI is InChI=1S/C29H30FN5O4/c30-23-7-4-21(5-8-23)24-9-11-27(32-31-24)33-12-1-13-34(15-14-33)28(36)18-35(17-20-2-3-20)29(37)22-6-10-25-26(16-22)39-19-38-25/h4-11,16,20H,1-3,12-15,17-19H2. The van der Waals surface area contributed by atoms with Crippen LogP contribution in [0.4, 0.5) is 10.2 Å². The second-order valence-electron chi connectivity index (χ2n) is 10.2. The molecule has 2 fully saturated rings. The molecule has 1 saturated carbocycles. The van der Waals surface area contributed by atoms with Crippen molar-refractivity contribution in [1.82, 2.24) is 20.0 Å². The summed E-state index contributed by atoms with van der Waals surface area (Å²) in [4.78, 5) is 32.4. The lowest BCUT2D eigenvalue weighted by Gasteiger charge is -2.27. The molecule has 2 aliphatic heterocycles. The van der Waals surface area contributed by atoms with E-state index in [-0.39, 0.29) is 31.0 Å². The van der Waals surface area contributed by atoms with Crippen molar-refractivity contribution in [3.8, 4) is 22.8 Å². The number of hydrogen-bond acceptors (Lipinski definition) is 7.